The molecule has 1 saturated heterocycles. The Morgan fingerprint density at radius 1 is 0.860 bits per heavy atom. The number of unbranched alkanes of at least 4 members (excludes halogenated alkanes) is 1. The second kappa shape index (κ2) is 22.3. The van der Waals surface area contributed by atoms with E-state index in [4.69, 9.17) is 14.2 Å². The summed E-state index contributed by atoms with van der Waals surface area (Å²) in [4.78, 5) is 69.2. The molecule has 5 rings (SSSR count). The zero-order chi connectivity index (χ0) is 39.4. The highest BCUT2D eigenvalue weighted by atomic mass is 32.1. The Morgan fingerprint density at radius 3 is 2.21 bits per heavy atom. The maximum atomic E-state index is 14.8. The molecule has 1 heterocycles. The van der Waals surface area contributed by atoms with E-state index in [0.29, 0.717) is 75.9 Å². The molecule has 1 aliphatic carbocycles. The van der Waals surface area contributed by atoms with Crippen LogP contribution in [0.1, 0.15) is 98.7 Å². The fourth-order valence-corrected chi connectivity index (χ4v) is 7.74. The van der Waals surface area contributed by atoms with Gasteiger partial charge in [0.25, 0.3) is 5.91 Å². The molecular formula is C43H58N4O8S2. The topological polar surface area (TPSA) is 152 Å². The molecule has 310 valence electrons. The Kier molecular flexibility index (Phi) is 18.3. The monoisotopic (exact) mass is 822 g/mol. The van der Waals surface area contributed by atoms with Crippen molar-refractivity contribution in [1.82, 2.24) is 20.9 Å². The summed E-state index contributed by atoms with van der Waals surface area (Å²) in [6, 6.07) is 23.2. The molecule has 0 radical (unpaired) electrons. The van der Waals surface area contributed by atoms with Crippen molar-refractivity contribution in [2.75, 3.05) is 33.4 Å². The van der Waals surface area contributed by atoms with Crippen LogP contribution in [0.3, 0.4) is 0 Å². The van der Waals surface area contributed by atoms with Crippen molar-refractivity contribution in [3.8, 4) is 5.75 Å². The number of hydrogen-bond acceptors (Lipinski definition) is 8. The standard InChI is InChI=1S/C43H54N4O8.2H2S/c1-5-54-42(52)44-26-14-13-20-36(40(50)55-29(2)3)46-41(51)43(30-15-7-6-8-16-30)25-22-33(32-17-9-11-19-35(32)43)39(49)47-27-23-31(24-28-47)45-38(48)34-18-10-12-21-37(34)53-4;;/h6-12,15-19,21,29,31,33,36H,5,13-14,20,22-28H2,1-4H3,(H,44,52)(H,45,48)(H,46,51);2*1H2/t33-,36-,43+;;/m0../s1. The fourth-order valence-electron chi connectivity index (χ4n) is 7.74. The van der Waals surface area contributed by atoms with Gasteiger partial charge in [-0.15, -0.1) is 0 Å². The number of fused-ring (bicyclic) bond motifs is 1. The van der Waals surface area contributed by atoms with Crippen LogP contribution in [-0.2, 0) is 29.3 Å². The lowest BCUT2D eigenvalue weighted by Crippen LogP contribution is -2.54. The third kappa shape index (κ3) is 11.5. The summed E-state index contributed by atoms with van der Waals surface area (Å²) in [5, 5.41) is 8.88. The summed E-state index contributed by atoms with van der Waals surface area (Å²) in [5.41, 5.74) is 1.59. The van der Waals surface area contributed by atoms with Gasteiger partial charge in [-0.25, -0.2) is 9.59 Å². The molecule has 0 bridgehead atoms. The van der Waals surface area contributed by atoms with Crippen LogP contribution in [0.4, 0.5) is 4.79 Å². The zero-order valence-electron chi connectivity index (χ0n) is 33.3. The lowest BCUT2D eigenvalue weighted by atomic mass is 9.62. The van der Waals surface area contributed by atoms with Gasteiger partial charge in [0.05, 0.1) is 36.7 Å². The fraction of sp³-hybridized carbons (Fsp3) is 0.465. The Morgan fingerprint density at radius 2 is 1.53 bits per heavy atom. The molecule has 14 heteroatoms. The molecule has 0 unspecified atom stereocenters. The third-order valence-corrected chi connectivity index (χ3v) is 10.5. The molecule has 4 amide bonds. The van der Waals surface area contributed by atoms with E-state index in [1.807, 2.05) is 65.6 Å². The average Bonchev–Trinajstić information content (AvgIpc) is 3.19. The van der Waals surface area contributed by atoms with Crippen molar-refractivity contribution in [1.29, 1.82) is 0 Å². The Labute approximate surface area is 350 Å². The number of rotatable bonds is 15. The number of esters is 1. The molecular weight excluding hydrogens is 765 g/mol. The minimum Gasteiger partial charge on any atom is -0.496 e. The van der Waals surface area contributed by atoms with E-state index in [1.54, 1.807) is 39.0 Å². The first-order valence-corrected chi connectivity index (χ1v) is 19.4. The number of hydrogen-bond donors (Lipinski definition) is 3. The quantitative estimate of drug-likeness (QED) is 0.128. The van der Waals surface area contributed by atoms with Crippen LogP contribution in [0, 0.1) is 0 Å². The van der Waals surface area contributed by atoms with Crippen molar-refractivity contribution >= 4 is 56.8 Å². The van der Waals surface area contributed by atoms with Gasteiger partial charge in [0.15, 0.2) is 0 Å². The van der Waals surface area contributed by atoms with Crippen LogP contribution in [0.25, 0.3) is 0 Å². The van der Waals surface area contributed by atoms with Crippen LogP contribution in [0.2, 0.25) is 0 Å². The number of benzene rings is 3. The van der Waals surface area contributed by atoms with Gasteiger partial charge in [-0.05, 0) is 94.5 Å². The number of carbonyl (C=O) groups is 5. The third-order valence-electron chi connectivity index (χ3n) is 10.5. The molecule has 3 aromatic rings. The highest BCUT2D eigenvalue weighted by Crippen LogP contribution is 2.48. The number of nitrogens with zero attached hydrogens (tertiary/aromatic N) is 1. The Balaban J connectivity index is 0.00000435. The molecule has 0 saturated carbocycles. The first-order chi connectivity index (χ1) is 26.6. The van der Waals surface area contributed by atoms with Gasteiger partial charge in [0.2, 0.25) is 11.8 Å². The lowest BCUT2D eigenvalue weighted by molar-refractivity contribution is -0.152. The molecule has 57 heavy (non-hydrogen) atoms. The summed E-state index contributed by atoms with van der Waals surface area (Å²) >= 11 is 0. The van der Waals surface area contributed by atoms with Crippen LogP contribution in [-0.4, -0.2) is 86.2 Å². The summed E-state index contributed by atoms with van der Waals surface area (Å²) in [5.74, 6) is -1.02. The summed E-state index contributed by atoms with van der Waals surface area (Å²) < 4.78 is 15.9. The SMILES string of the molecule is CCOC(=O)NCCCC[C@H](NC(=O)[C@@]1(c2ccccc2)CC[C@H](C(=O)N2CCC(NC(=O)c3ccccc3OC)CC2)c2ccccc21)C(=O)OC(C)C.S.S. The van der Waals surface area contributed by atoms with E-state index in [2.05, 4.69) is 16.0 Å². The Bertz CT molecular complexity index is 1800. The van der Waals surface area contributed by atoms with E-state index >= 15 is 0 Å². The predicted octanol–water partition coefficient (Wildman–Crippen LogP) is 5.86. The number of nitrogens with one attached hydrogen (secondary N) is 3. The summed E-state index contributed by atoms with van der Waals surface area (Å²) in [6.07, 6.45) is 2.54. The zero-order valence-corrected chi connectivity index (χ0v) is 35.3. The second-order valence-electron chi connectivity index (χ2n) is 14.4. The maximum absolute atomic E-state index is 14.8. The van der Waals surface area contributed by atoms with Gasteiger partial charge >= 0.3 is 12.1 Å². The molecule has 3 N–H and O–H groups in total. The molecule has 12 nitrogen and oxygen atoms in total. The first-order valence-electron chi connectivity index (χ1n) is 19.4. The summed E-state index contributed by atoms with van der Waals surface area (Å²) in [7, 11) is 1.54. The van der Waals surface area contributed by atoms with Crippen LogP contribution < -0.4 is 20.7 Å². The molecule has 3 aromatic carbocycles. The van der Waals surface area contributed by atoms with Crippen molar-refractivity contribution in [2.24, 2.45) is 0 Å². The minimum atomic E-state index is -1.17. The van der Waals surface area contributed by atoms with Gasteiger partial charge in [-0.3, -0.25) is 14.4 Å². The summed E-state index contributed by atoms with van der Waals surface area (Å²) in [6.45, 7) is 6.89. The second-order valence-corrected chi connectivity index (χ2v) is 14.4. The number of ether oxygens (including phenoxy) is 3. The number of likely N-dealkylation sites (tertiary alicyclic amines) is 1. The highest BCUT2D eigenvalue weighted by molar-refractivity contribution is 7.59. The first kappa shape index (κ1) is 46.7. The highest BCUT2D eigenvalue weighted by Gasteiger charge is 2.49. The van der Waals surface area contributed by atoms with Crippen molar-refractivity contribution < 1.29 is 38.2 Å². The van der Waals surface area contributed by atoms with E-state index in [0.717, 1.165) is 16.7 Å². The van der Waals surface area contributed by atoms with Gasteiger partial charge in [0, 0.05) is 25.7 Å². The number of carbonyl (C=O) groups excluding carboxylic acids is 5. The van der Waals surface area contributed by atoms with Gasteiger partial charge in [-0.1, -0.05) is 66.7 Å². The van der Waals surface area contributed by atoms with Crippen LogP contribution >= 0.6 is 27.0 Å². The number of para-hydroxylation sites is 1. The number of methoxy groups -OCH3 is 1. The van der Waals surface area contributed by atoms with Gasteiger partial charge in [-0.2, -0.15) is 27.0 Å². The molecule has 0 aromatic heterocycles. The number of alkyl carbamates (subject to hydrolysis) is 1. The van der Waals surface area contributed by atoms with Crippen molar-refractivity contribution in [3.63, 3.8) is 0 Å². The van der Waals surface area contributed by atoms with E-state index < -0.39 is 29.4 Å². The predicted molar refractivity (Wildman–Crippen MR) is 228 cm³/mol. The molecule has 1 aliphatic heterocycles. The van der Waals surface area contributed by atoms with E-state index in [1.165, 1.54) is 7.11 Å². The number of piperidine rings is 1. The lowest BCUT2D eigenvalue weighted by Gasteiger charge is -2.43. The number of amides is 4. The van der Waals surface area contributed by atoms with Crippen molar-refractivity contribution in [3.05, 3.63) is 101 Å². The normalized spacial score (nSPS) is 18.1. The van der Waals surface area contributed by atoms with Gasteiger partial charge < -0.3 is 35.1 Å². The average molecular weight is 823 g/mol. The van der Waals surface area contributed by atoms with Crippen molar-refractivity contribution in [2.45, 2.75) is 95.2 Å². The van der Waals surface area contributed by atoms with Gasteiger partial charge in [0.1, 0.15) is 11.8 Å². The molecule has 0 spiro atoms. The minimum absolute atomic E-state index is 0. The van der Waals surface area contributed by atoms with E-state index in [9.17, 15) is 24.0 Å². The van der Waals surface area contributed by atoms with Crippen LogP contribution in [0.15, 0.2) is 78.9 Å². The van der Waals surface area contributed by atoms with E-state index in [-0.39, 0.29) is 63.5 Å². The smallest absolute Gasteiger partial charge is 0.407 e. The molecule has 1 fully saturated rings. The molecule has 3 atom stereocenters. The molecule has 2 aliphatic rings. The largest absolute Gasteiger partial charge is 0.496 e. The van der Waals surface area contributed by atoms with Crippen LogP contribution in [0.5, 0.6) is 5.75 Å². The maximum Gasteiger partial charge on any atom is 0.407 e. The Hall–Kier alpha value is -4.69.